The molecule has 1 aromatic rings. The van der Waals surface area contributed by atoms with E-state index in [0.29, 0.717) is 24.3 Å². The third-order valence-electron chi connectivity index (χ3n) is 3.71. The summed E-state index contributed by atoms with van der Waals surface area (Å²) in [5.41, 5.74) is 1.02. The number of amides is 5. The van der Waals surface area contributed by atoms with Crippen LogP contribution < -0.4 is 10.6 Å². The van der Waals surface area contributed by atoms with Crippen LogP contribution in [0.3, 0.4) is 0 Å². The maximum Gasteiger partial charge on any atom is 0.325 e. The third-order valence-corrected chi connectivity index (χ3v) is 3.71. The number of nitrogens with zero attached hydrogens (tertiary/aromatic N) is 2. The Bertz CT molecular complexity index is 637. The predicted molar refractivity (Wildman–Crippen MR) is 87.4 cm³/mol. The molecule has 8 heteroatoms. The van der Waals surface area contributed by atoms with Gasteiger partial charge in [-0.2, -0.15) is 0 Å². The van der Waals surface area contributed by atoms with Gasteiger partial charge >= 0.3 is 6.03 Å². The van der Waals surface area contributed by atoms with E-state index in [1.54, 1.807) is 29.2 Å². The summed E-state index contributed by atoms with van der Waals surface area (Å²) < 4.78 is 0. The second kappa shape index (κ2) is 7.58. The Morgan fingerprint density at radius 2 is 1.79 bits per heavy atom. The zero-order valence-electron chi connectivity index (χ0n) is 13.7. The van der Waals surface area contributed by atoms with E-state index < -0.39 is 17.8 Å². The first-order chi connectivity index (χ1) is 11.5. The highest BCUT2D eigenvalue weighted by Crippen LogP contribution is 2.12. The Hall–Kier alpha value is -2.90. The largest absolute Gasteiger partial charge is 0.339 e. The van der Waals surface area contributed by atoms with E-state index in [4.69, 9.17) is 0 Å². The number of carbonyl (C=O) groups is 4. The van der Waals surface area contributed by atoms with Crippen molar-refractivity contribution in [1.29, 1.82) is 0 Å². The van der Waals surface area contributed by atoms with Crippen LogP contribution in [0, 0.1) is 0 Å². The molecule has 1 aliphatic rings. The van der Waals surface area contributed by atoms with Crippen molar-refractivity contribution in [3.05, 3.63) is 29.8 Å². The maximum atomic E-state index is 12.2. The van der Waals surface area contributed by atoms with Crippen LogP contribution in [0.4, 0.5) is 10.5 Å². The third kappa shape index (κ3) is 3.89. The molecule has 1 fully saturated rings. The Balaban J connectivity index is 1.96. The molecule has 0 unspecified atom stereocenters. The minimum Gasteiger partial charge on any atom is -0.339 e. The molecule has 24 heavy (non-hydrogen) atoms. The van der Waals surface area contributed by atoms with E-state index >= 15 is 0 Å². The lowest BCUT2D eigenvalue weighted by molar-refractivity contribution is -0.128. The average molecular weight is 332 g/mol. The molecule has 1 aromatic carbocycles. The van der Waals surface area contributed by atoms with E-state index in [0.717, 1.165) is 4.90 Å². The first-order valence-electron chi connectivity index (χ1n) is 7.73. The summed E-state index contributed by atoms with van der Waals surface area (Å²) in [7, 11) is 0. The highest BCUT2D eigenvalue weighted by molar-refractivity contribution is 6.06. The molecule has 2 N–H and O–H groups in total. The van der Waals surface area contributed by atoms with Gasteiger partial charge in [0.15, 0.2) is 0 Å². The number of hydrogen-bond acceptors (Lipinski definition) is 4. The fraction of sp³-hybridized carbons (Fsp3) is 0.375. The highest BCUT2D eigenvalue weighted by atomic mass is 16.2. The topological polar surface area (TPSA) is 98.8 Å². The fourth-order valence-electron chi connectivity index (χ4n) is 2.35. The highest BCUT2D eigenvalue weighted by Gasteiger charge is 2.30. The molecule has 1 aliphatic heterocycles. The number of imide groups is 1. The summed E-state index contributed by atoms with van der Waals surface area (Å²) in [6.45, 7) is 4.64. The van der Waals surface area contributed by atoms with Crippen molar-refractivity contribution in [3.8, 4) is 0 Å². The molecule has 1 heterocycles. The van der Waals surface area contributed by atoms with Crippen LogP contribution in [0.5, 0.6) is 0 Å². The van der Waals surface area contributed by atoms with Crippen molar-refractivity contribution < 1.29 is 19.2 Å². The number of urea groups is 1. The number of hydrogen-bond donors (Lipinski definition) is 2. The smallest absolute Gasteiger partial charge is 0.325 e. The zero-order valence-corrected chi connectivity index (χ0v) is 13.7. The zero-order chi connectivity index (χ0) is 17.7. The standard InChI is InChI=1S/C16H20N4O4/c1-3-19(4-2)15(23)11-5-7-12(8-6-11)18-13(21)10-20-14(22)9-17-16(20)24/h5-8H,3-4,9-10H2,1-2H3,(H,17,24)(H,18,21). The van der Waals surface area contributed by atoms with Crippen molar-refractivity contribution in [3.63, 3.8) is 0 Å². The molecule has 2 rings (SSSR count). The number of rotatable bonds is 6. The van der Waals surface area contributed by atoms with E-state index in [9.17, 15) is 19.2 Å². The van der Waals surface area contributed by atoms with Gasteiger partial charge in [-0.3, -0.25) is 19.3 Å². The van der Waals surface area contributed by atoms with Gasteiger partial charge in [0.05, 0.1) is 6.54 Å². The average Bonchev–Trinajstić information content (AvgIpc) is 2.88. The maximum absolute atomic E-state index is 12.2. The molecule has 8 nitrogen and oxygen atoms in total. The minimum atomic E-state index is -0.574. The van der Waals surface area contributed by atoms with Crippen molar-refractivity contribution >= 4 is 29.4 Å². The summed E-state index contributed by atoms with van der Waals surface area (Å²) in [5.74, 6) is -0.990. The monoisotopic (exact) mass is 332 g/mol. The van der Waals surface area contributed by atoms with Crippen LogP contribution in [0.15, 0.2) is 24.3 Å². The second-order valence-corrected chi connectivity index (χ2v) is 5.24. The molecule has 0 spiro atoms. The van der Waals surface area contributed by atoms with E-state index in [2.05, 4.69) is 10.6 Å². The molecule has 0 saturated carbocycles. The van der Waals surface area contributed by atoms with Crippen LogP contribution in [0.1, 0.15) is 24.2 Å². The second-order valence-electron chi connectivity index (χ2n) is 5.24. The summed E-state index contributed by atoms with van der Waals surface area (Å²) in [6, 6.07) is 5.91. The Morgan fingerprint density at radius 1 is 1.17 bits per heavy atom. The number of benzene rings is 1. The summed E-state index contributed by atoms with van der Waals surface area (Å²) in [6.07, 6.45) is 0. The van der Waals surface area contributed by atoms with E-state index in [1.807, 2.05) is 13.8 Å². The predicted octanol–water partition coefficient (Wildman–Crippen LogP) is 0.659. The molecule has 0 aliphatic carbocycles. The normalized spacial score (nSPS) is 13.7. The van der Waals surface area contributed by atoms with Gasteiger partial charge in [-0.1, -0.05) is 0 Å². The lowest BCUT2D eigenvalue weighted by Gasteiger charge is -2.18. The minimum absolute atomic E-state index is 0.0720. The summed E-state index contributed by atoms with van der Waals surface area (Å²) >= 11 is 0. The van der Waals surface area contributed by atoms with Gasteiger partial charge in [0.25, 0.3) is 11.8 Å². The van der Waals surface area contributed by atoms with Crippen LogP contribution in [-0.2, 0) is 9.59 Å². The lowest BCUT2D eigenvalue weighted by Crippen LogP contribution is -2.38. The summed E-state index contributed by atoms with van der Waals surface area (Å²) in [4.78, 5) is 49.5. The molecule has 0 atom stereocenters. The summed E-state index contributed by atoms with van der Waals surface area (Å²) in [5, 5.41) is 4.94. The van der Waals surface area contributed by atoms with Gasteiger partial charge in [-0.25, -0.2) is 4.79 Å². The number of nitrogens with one attached hydrogen (secondary N) is 2. The Morgan fingerprint density at radius 3 is 2.29 bits per heavy atom. The molecule has 5 amide bonds. The van der Waals surface area contributed by atoms with Crippen LogP contribution in [-0.4, -0.2) is 59.7 Å². The molecule has 0 bridgehead atoms. The first-order valence-corrected chi connectivity index (χ1v) is 7.73. The quantitative estimate of drug-likeness (QED) is 0.748. The molecular formula is C16H20N4O4. The van der Waals surface area contributed by atoms with E-state index in [-0.39, 0.29) is 19.0 Å². The van der Waals surface area contributed by atoms with E-state index in [1.165, 1.54) is 0 Å². The van der Waals surface area contributed by atoms with Gasteiger partial charge in [0.1, 0.15) is 6.54 Å². The van der Waals surface area contributed by atoms with Gasteiger partial charge in [0, 0.05) is 24.3 Å². The number of carbonyl (C=O) groups excluding carboxylic acids is 4. The molecule has 0 radical (unpaired) electrons. The first kappa shape index (κ1) is 17.5. The van der Waals surface area contributed by atoms with Crippen molar-refractivity contribution in [2.75, 3.05) is 31.5 Å². The van der Waals surface area contributed by atoms with Crippen molar-refractivity contribution in [1.82, 2.24) is 15.1 Å². The fourth-order valence-corrected chi connectivity index (χ4v) is 2.35. The molecular weight excluding hydrogens is 312 g/mol. The van der Waals surface area contributed by atoms with Crippen LogP contribution in [0.2, 0.25) is 0 Å². The van der Waals surface area contributed by atoms with Crippen molar-refractivity contribution in [2.45, 2.75) is 13.8 Å². The van der Waals surface area contributed by atoms with Crippen molar-refractivity contribution in [2.24, 2.45) is 0 Å². The molecule has 128 valence electrons. The lowest BCUT2D eigenvalue weighted by atomic mass is 10.1. The number of anilines is 1. The van der Waals surface area contributed by atoms with Gasteiger partial charge in [-0.05, 0) is 38.1 Å². The molecule has 0 aromatic heterocycles. The SMILES string of the molecule is CCN(CC)C(=O)c1ccc(NC(=O)CN2C(=O)CNC2=O)cc1. The van der Waals surface area contributed by atoms with Gasteiger partial charge in [0.2, 0.25) is 5.91 Å². The van der Waals surface area contributed by atoms with Crippen LogP contribution >= 0.6 is 0 Å². The van der Waals surface area contributed by atoms with Gasteiger partial charge in [-0.15, -0.1) is 0 Å². The Labute approximate surface area is 139 Å². The van der Waals surface area contributed by atoms with Crippen LogP contribution in [0.25, 0.3) is 0 Å². The molecule has 1 saturated heterocycles. The van der Waals surface area contributed by atoms with Gasteiger partial charge < -0.3 is 15.5 Å². The Kier molecular flexibility index (Phi) is 5.51.